The minimum absolute atomic E-state index is 0.0755. The van der Waals surface area contributed by atoms with Gasteiger partial charge in [0.1, 0.15) is 5.82 Å². The van der Waals surface area contributed by atoms with Crippen LogP contribution >= 0.6 is 11.3 Å². The van der Waals surface area contributed by atoms with Gasteiger partial charge in [0.25, 0.3) is 0 Å². The van der Waals surface area contributed by atoms with E-state index < -0.39 is 0 Å². The van der Waals surface area contributed by atoms with Gasteiger partial charge in [-0.05, 0) is 31.2 Å². The monoisotopic (exact) mass is 360 g/mol. The number of nitrogens with zero attached hydrogens (tertiary/aromatic N) is 3. The van der Waals surface area contributed by atoms with Crippen molar-refractivity contribution in [3.8, 4) is 11.4 Å². The van der Waals surface area contributed by atoms with Crippen LogP contribution in [0.5, 0.6) is 0 Å². The van der Waals surface area contributed by atoms with Gasteiger partial charge in [0, 0.05) is 36.8 Å². The summed E-state index contributed by atoms with van der Waals surface area (Å²) in [5, 5.41) is 9.72. The maximum Gasteiger partial charge on any atom is 0.227 e. The Hall–Kier alpha value is -2.61. The number of benzene rings is 1. The summed E-state index contributed by atoms with van der Waals surface area (Å²) >= 11 is 1.60. The van der Waals surface area contributed by atoms with Crippen LogP contribution in [0.3, 0.4) is 0 Å². The molecular weight excluding hydrogens is 343 g/mol. The average molecular weight is 360 g/mol. The fourth-order valence-electron chi connectivity index (χ4n) is 2.23. The molecule has 0 saturated carbocycles. The number of carbonyl (C=O) groups is 1. The Balaban J connectivity index is 1.43. The zero-order valence-electron chi connectivity index (χ0n) is 13.7. The Morgan fingerprint density at radius 2 is 2.04 bits per heavy atom. The summed E-state index contributed by atoms with van der Waals surface area (Å²) in [6, 6.07) is 5.83. The number of aryl methyl sites for hydroxylation is 2. The van der Waals surface area contributed by atoms with Crippen molar-refractivity contribution < 1.29 is 13.7 Å². The van der Waals surface area contributed by atoms with Gasteiger partial charge in [-0.1, -0.05) is 5.16 Å². The highest BCUT2D eigenvalue weighted by molar-refractivity contribution is 7.09. The van der Waals surface area contributed by atoms with Gasteiger partial charge in [-0.2, -0.15) is 4.98 Å². The fraction of sp³-hybridized carbons (Fsp3) is 0.294. The van der Waals surface area contributed by atoms with Gasteiger partial charge in [0.05, 0.1) is 10.7 Å². The van der Waals surface area contributed by atoms with E-state index in [1.54, 1.807) is 23.5 Å². The zero-order chi connectivity index (χ0) is 17.6. The van der Waals surface area contributed by atoms with E-state index >= 15 is 0 Å². The molecule has 0 aliphatic heterocycles. The second-order valence-corrected chi connectivity index (χ2v) is 6.54. The quantitative estimate of drug-likeness (QED) is 0.701. The van der Waals surface area contributed by atoms with Crippen LogP contribution < -0.4 is 5.32 Å². The molecule has 8 heteroatoms. The van der Waals surface area contributed by atoms with Gasteiger partial charge < -0.3 is 9.84 Å². The third kappa shape index (κ3) is 4.93. The lowest BCUT2D eigenvalue weighted by Gasteiger charge is -2.02. The van der Waals surface area contributed by atoms with Gasteiger partial charge in [-0.15, -0.1) is 11.3 Å². The molecule has 1 amide bonds. The smallest absolute Gasteiger partial charge is 0.227 e. The highest BCUT2D eigenvalue weighted by atomic mass is 32.1. The van der Waals surface area contributed by atoms with E-state index in [4.69, 9.17) is 4.52 Å². The molecule has 0 bridgehead atoms. The molecule has 0 unspecified atom stereocenters. The lowest BCUT2D eigenvalue weighted by atomic mass is 10.2. The summed E-state index contributed by atoms with van der Waals surface area (Å²) in [5.41, 5.74) is 1.66. The molecule has 25 heavy (non-hydrogen) atoms. The molecule has 3 rings (SSSR count). The summed E-state index contributed by atoms with van der Waals surface area (Å²) < 4.78 is 18.0. The first-order chi connectivity index (χ1) is 12.1. The SMILES string of the molecule is Cc1nc(CCNC(=O)CCc2nc(-c3ccc(F)cc3)no2)cs1. The van der Waals surface area contributed by atoms with Gasteiger partial charge in [0.2, 0.25) is 17.6 Å². The van der Waals surface area contributed by atoms with Crippen LogP contribution in [-0.2, 0) is 17.6 Å². The van der Waals surface area contributed by atoms with E-state index in [0.717, 1.165) is 10.7 Å². The number of rotatable bonds is 7. The molecule has 0 spiro atoms. The van der Waals surface area contributed by atoms with Crippen molar-refractivity contribution in [1.29, 1.82) is 0 Å². The van der Waals surface area contributed by atoms with E-state index in [0.29, 0.717) is 36.7 Å². The zero-order valence-corrected chi connectivity index (χ0v) is 14.5. The minimum Gasteiger partial charge on any atom is -0.356 e. The maximum atomic E-state index is 12.9. The molecule has 0 atom stereocenters. The molecule has 1 aromatic carbocycles. The molecule has 0 radical (unpaired) electrons. The summed E-state index contributed by atoms with van der Waals surface area (Å²) in [4.78, 5) is 20.4. The number of hydrogen-bond acceptors (Lipinski definition) is 6. The van der Waals surface area contributed by atoms with E-state index in [2.05, 4.69) is 20.4 Å². The first-order valence-electron chi connectivity index (χ1n) is 7.86. The fourth-order valence-corrected chi connectivity index (χ4v) is 2.88. The summed E-state index contributed by atoms with van der Waals surface area (Å²) in [6.07, 6.45) is 1.34. The standard InChI is InChI=1S/C17H17FN4O2S/c1-11-20-14(10-25-11)8-9-19-15(23)6-7-16-21-17(22-24-16)12-2-4-13(18)5-3-12/h2-5,10H,6-9H2,1H3,(H,19,23). The third-order valence-electron chi connectivity index (χ3n) is 3.51. The number of carbonyl (C=O) groups excluding carboxylic acids is 1. The normalized spacial score (nSPS) is 10.8. The van der Waals surface area contributed by atoms with Crippen LogP contribution in [0, 0.1) is 12.7 Å². The number of halogens is 1. The van der Waals surface area contributed by atoms with Crippen LogP contribution in [0.4, 0.5) is 4.39 Å². The predicted molar refractivity (Wildman–Crippen MR) is 91.6 cm³/mol. The highest BCUT2D eigenvalue weighted by Crippen LogP contribution is 2.16. The van der Waals surface area contributed by atoms with Crippen molar-refractivity contribution in [1.82, 2.24) is 20.4 Å². The van der Waals surface area contributed by atoms with Crippen LogP contribution in [0.15, 0.2) is 34.2 Å². The van der Waals surface area contributed by atoms with E-state index in [-0.39, 0.29) is 18.1 Å². The van der Waals surface area contributed by atoms with E-state index in [9.17, 15) is 9.18 Å². The number of nitrogens with one attached hydrogen (secondary N) is 1. The molecule has 1 N–H and O–H groups in total. The molecule has 0 saturated heterocycles. The summed E-state index contributed by atoms with van der Waals surface area (Å²) in [6.45, 7) is 2.50. The van der Waals surface area contributed by atoms with Gasteiger partial charge in [0.15, 0.2) is 0 Å². The summed E-state index contributed by atoms with van der Waals surface area (Å²) in [5.74, 6) is 0.365. The van der Waals surface area contributed by atoms with Crippen LogP contribution in [-0.4, -0.2) is 27.6 Å². The van der Waals surface area contributed by atoms with Crippen LogP contribution in [0.1, 0.15) is 23.0 Å². The molecule has 0 fully saturated rings. The molecule has 130 valence electrons. The predicted octanol–water partition coefficient (Wildman–Crippen LogP) is 2.93. The van der Waals surface area contributed by atoms with Crippen molar-refractivity contribution in [2.45, 2.75) is 26.2 Å². The summed E-state index contributed by atoms with van der Waals surface area (Å²) in [7, 11) is 0. The highest BCUT2D eigenvalue weighted by Gasteiger charge is 2.11. The van der Waals surface area contributed by atoms with E-state index in [1.165, 1.54) is 12.1 Å². The second-order valence-electron chi connectivity index (χ2n) is 5.48. The van der Waals surface area contributed by atoms with Crippen LogP contribution in [0.25, 0.3) is 11.4 Å². The average Bonchev–Trinajstić information content (AvgIpc) is 3.23. The van der Waals surface area contributed by atoms with Crippen molar-refractivity contribution in [2.75, 3.05) is 6.54 Å². The number of thiazole rings is 1. The first-order valence-corrected chi connectivity index (χ1v) is 8.74. The lowest BCUT2D eigenvalue weighted by molar-refractivity contribution is -0.121. The van der Waals surface area contributed by atoms with Gasteiger partial charge >= 0.3 is 0 Å². The Morgan fingerprint density at radius 3 is 2.76 bits per heavy atom. The van der Waals surface area contributed by atoms with Gasteiger partial charge in [-0.25, -0.2) is 9.37 Å². The molecule has 6 nitrogen and oxygen atoms in total. The molecule has 0 aliphatic carbocycles. The minimum atomic E-state index is -0.322. The molecule has 2 heterocycles. The molecule has 0 aliphatic rings. The molecular formula is C17H17FN4O2S. The van der Waals surface area contributed by atoms with E-state index in [1.807, 2.05) is 12.3 Å². The first kappa shape index (κ1) is 17.2. The number of aromatic nitrogens is 3. The largest absolute Gasteiger partial charge is 0.356 e. The Kier molecular flexibility index (Phi) is 5.49. The lowest BCUT2D eigenvalue weighted by Crippen LogP contribution is -2.26. The maximum absolute atomic E-state index is 12.9. The van der Waals surface area contributed by atoms with Crippen LogP contribution in [0.2, 0.25) is 0 Å². The van der Waals surface area contributed by atoms with Crippen molar-refractivity contribution in [2.24, 2.45) is 0 Å². The third-order valence-corrected chi connectivity index (χ3v) is 4.33. The molecule has 3 aromatic rings. The van der Waals surface area contributed by atoms with Crippen molar-refractivity contribution in [3.63, 3.8) is 0 Å². The Morgan fingerprint density at radius 1 is 1.24 bits per heavy atom. The topological polar surface area (TPSA) is 80.9 Å². The van der Waals surface area contributed by atoms with Crippen molar-refractivity contribution >= 4 is 17.2 Å². The molecule has 2 aromatic heterocycles. The second kappa shape index (κ2) is 7.98. The number of hydrogen-bond donors (Lipinski definition) is 1. The Bertz CT molecular complexity index is 844. The Labute approximate surface area is 148 Å². The van der Waals surface area contributed by atoms with Crippen molar-refractivity contribution in [3.05, 3.63) is 52.1 Å². The number of amides is 1. The van der Waals surface area contributed by atoms with Gasteiger partial charge in [-0.3, -0.25) is 4.79 Å².